The molecule has 16 heavy (non-hydrogen) atoms. The van der Waals surface area contributed by atoms with Gasteiger partial charge in [-0.05, 0) is 11.6 Å². The highest BCUT2D eigenvalue weighted by Crippen LogP contribution is 1.95. The molecule has 0 spiro atoms. The lowest BCUT2D eigenvalue weighted by molar-refractivity contribution is 0.517. The molecule has 5 nitrogen and oxygen atoms in total. The van der Waals surface area contributed by atoms with E-state index in [9.17, 15) is 8.42 Å². The van der Waals surface area contributed by atoms with Crippen LogP contribution in [0.1, 0.15) is 5.56 Å². The van der Waals surface area contributed by atoms with Gasteiger partial charge in [0.2, 0.25) is 10.0 Å². The first-order valence-corrected chi connectivity index (χ1v) is 6.63. The summed E-state index contributed by atoms with van der Waals surface area (Å²) in [5.41, 5.74) is 1.05. The van der Waals surface area contributed by atoms with Crippen molar-refractivity contribution in [3.63, 3.8) is 0 Å². The van der Waals surface area contributed by atoms with E-state index in [0.29, 0.717) is 13.1 Å². The highest BCUT2D eigenvalue weighted by molar-refractivity contribution is 7.89. The van der Waals surface area contributed by atoms with Gasteiger partial charge in [0.15, 0.2) is 0 Å². The Labute approximate surface area is 96.5 Å². The zero-order valence-electron chi connectivity index (χ0n) is 9.55. The Hall–Kier alpha value is -0.980. The highest BCUT2D eigenvalue weighted by Gasteiger charge is 2.11. The summed E-state index contributed by atoms with van der Waals surface area (Å²) < 4.78 is 24.1. The summed E-state index contributed by atoms with van der Waals surface area (Å²) in [4.78, 5) is 3.97. The van der Waals surface area contributed by atoms with E-state index in [1.54, 1.807) is 12.4 Å². The predicted octanol–water partition coefficient (Wildman–Crippen LogP) is 0.0626. The fourth-order valence-electron chi connectivity index (χ4n) is 1.12. The lowest BCUT2D eigenvalue weighted by Crippen LogP contribution is -2.31. The summed E-state index contributed by atoms with van der Waals surface area (Å²) >= 11 is 0. The zero-order chi connectivity index (χ0) is 12.0. The summed E-state index contributed by atoms with van der Waals surface area (Å²) in [5.74, 6) is 0.111. The average molecular weight is 243 g/mol. The van der Waals surface area contributed by atoms with Gasteiger partial charge in [0.25, 0.3) is 0 Å². The molecule has 0 atom stereocenters. The van der Waals surface area contributed by atoms with Crippen molar-refractivity contribution in [1.82, 2.24) is 14.6 Å². The molecule has 0 bridgehead atoms. The molecule has 6 heteroatoms. The standard InChI is InChI=1S/C10H17N3O2S/c1-13(2)16(14,15)7-6-12-9-10-4-3-5-11-8-10/h3-5,8,12H,6-7,9H2,1-2H3. The van der Waals surface area contributed by atoms with Crippen molar-refractivity contribution in [1.29, 1.82) is 0 Å². The molecule has 0 saturated carbocycles. The Kier molecular flexibility index (Phi) is 4.85. The van der Waals surface area contributed by atoms with E-state index >= 15 is 0 Å². The molecule has 0 aromatic carbocycles. The van der Waals surface area contributed by atoms with Crippen LogP contribution in [0.3, 0.4) is 0 Å². The number of nitrogens with one attached hydrogen (secondary N) is 1. The summed E-state index contributed by atoms with van der Waals surface area (Å²) in [7, 11) is -0.0211. The first-order chi connectivity index (χ1) is 7.52. The van der Waals surface area contributed by atoms with Crippen LogP contribution < -0.4 is 5.32 Å². The van der Waals surface area contributed by atoms with Crippen molar-refractivity contribution in [2.75, 3.05) is 26.4 Å². The second-order valence-corrected chi connectivity index (χ2v) is 5.94. The molecule has 0 aliphatic heterocycles. The monoisotopic (exact) mass is 243 g/mol. The largest absolute Gasteiger partial charge is 0.312 e. The minimum atomic E-state index is -3.10. The van der Waals surface area contributed by atoms with Gasteiger partial charge in [0.05, 0.1) is 5.75 Å². The van der Waals surface area contributed by atoms with Gasteiger partial charge in [-0.25, -0.2) is 12.7 Å². The summed E-state index contributed by atoms with van der Waals surface area (Å²) in [5, 5.41) is 3.07. The van der Waals surface area contributed by atoms with E-state index in [2.05, 4.69) is 10.3 Å². The third kappa shape index (κ3) is 4.26. The number of sulfonamides is 1. The fourth-order valence-corrected chi connectivity index (χ4v) is 1.89. The molecule has 0 fully saturated rings. The Morgan fingerprint density at radius 1 is 1.44 bits per heavy atom. The molecule has 0 unspecified atom stereocenters. The smallest absolute Gasteiger partial charge is 0.214 e. The maximum Gasteiger partial charge on any atom is 0.214 e. The Balaban J connectivity index is 2.28. The summed E-state index contributed by atoms with van der Waals surface area (Å²) in [6.07, 6.45) is 3.47. The number of rotatable bonds is 6. The molecule has 1 N–H and O–H groups in total. The van der Waals surface area contributed by atoms with Gasteiger partial charge in [-0.2, -0.15) is 0 Å². The van der Waals surface area contributed by atoms with Gasteiger partial charge < -0.3 is 5.32 Å². The minimum Gasteiger partial charge on any atom is -0.312 e. The van der Waals surface area contributed by atoms with Gasteiger partial charge in [-0.1, -0.05) is 6.07 Å². The predicted molar refractivity (Wildman–Crippen MR) is 63.4 cm³/mol. The van der Waals surface area contributed by atoms with Crippen LogP contribution in [-0.4, -0.2) is 44.1 Å². The molecule has 0 aliphatic carbocycles. The van der Waals surface area contributed by atoms with E-state index < -0.39 is 10.0 Å². The summed E-state index contributed by atoms with van der Waals surface area (Å²) in [6.45, 7) is 1.08. The molecule has 90 valence electrons. The number of hydrogen-bond acceptors (Lipinski definition) is 4. The fraction of sp³-hybridized carbons (Fsp3) is 0.500. The Morgan fingerprint density at radius 3 is 2.75 bits per heavy atom. The zero-order valence-corrected chi connectivity index (χ0v) is 10.4. The molecule has 0 radical (unpaired) electrons. The first kappa shape index (κ1) is 13.1. The van der Waals surface area contributed by atoms with Crippen molar-refractivity contribution >= 4 is 10.0 Å². The molecule has 0 aliphatic rings. The third-order valence-electron chi connectivity index (χ3n) is 2.15. The number of nitrogens with zero attached hydrogens (tertiary/aromatic N) is 2. The second kappa shape index (κ2) is 5.93. The third-order valence-corrected chi connectivity index (χ3v) is 3.98. The molecule has 0 saturated heterocycles. The van der Waals surface area contributed by atoms with Crippen molar-refractivity contribution in [3.05, 3.63) is 30.1 Å². The van der Waals surface area contributed by atoms with E-state index in [-0.39, 0.29) is 5.75 Å². The lowest BCUT2D eigenvalue weighted by atomic mass is 10.3. The van der Waals surface area contributed by atoms with Gasteiger partial charge in [-0.3, -0.25) is 4.98 Å². The van der Waals surface area contributed by atoms with Crippen LogP contribution in [0.5, 0.6) is 0 Å². The van der Waals surface area contributed by atoms with Crippen molar-refractivity contribution in [2.24, 2.45) is 0 Å². The SMILES string of the molecule is CN(C)S(=O)(=O)CCNCc1cccnc1. The Bertz CT molecular complexity index is 403. The highest BCUT2D eigenvalue weighted by atomic mass is 32.2. The van der Waals surface area contributed by atoms with E-state index in [0.717, 1.165) is 5.56 Å². The number of pyridine rings is 1. The van der Waals surface area contributed by atoms with Crippen LogP contribution in [0, 0.1) is 0 Å². The Morgan fingerprint density at radius 2 is 2.19 bits per heavy atom. The molecular formula is C10H17N3O2S. The van der Waals surface area contributed by atoms with Crippen LogP contribution in [0.2, 0.25) is 0 Å². The normalized spacial score (nSPS) is 11.9. The van der Waals surface area contributed by atoms with Crippen LogP contribution in [0.25, 0.3) is 0 Å². The maximum absolute atomic E-state index is 11.4. The first-order valence-electron chi connectivity index (χ1n) is 5.02. The number of hydrogen-bond donors (Lipinski definition) is 1. The second-order valence-electron chi connectivity index (χ2n) is 3.64. The van der Waals surface area contributed by atoms with Crippen LogP contribution in [0.4, 0.5) is 0 Å². The number of aromatic nitrogens is 1. The molecule has 1 aromatic heterocycles. The van der Waals surface area contributed by atoms with E-state index in [4.69, 9.17) is 0 Å². The van der Waals surface area contributed by atoms with Gasteiger partial charge >= 0.3 is 0 Å². The molecule has 1 aromatic rings. The summed E-state index contributed by atoms with van der Waals surface area (Å²) in [6, 6.07) is 3.80. The molecular weight excluding hydrogens is 226 g/mol. The van der Waals surface area contributed by atoms with Gasteiger partial charge in [-0.15, -0.1) is 0 Å². The van der Waals surface area contributed by atoms with Crippen LogP contribution in [-0.2, 0) is 16.6 Å². The van der Waals surface area contributed by atoms with Crippen molar-refractivity contribution in [2.45, 2.75) is 6.54 Å². The average Bonchev–Trinajstić information content (AvgIpc) is 2.26. The molecule has 0 amide bonds. The van der Waals surface area contributed by atoms with Crippen LogP contribution >= 0.6 is 0 Å². The maximum atomic E-state index is 11.4. The quantitative estimate of drug-likeness (QED) is 0.718. The van der Waals surface area contributed by atoms with E-state index in [1.807, 2.05) is 12.1 Å². The van der Waals surface area contributed by atoms with E-state index in [1.165, 1.54) is 18.4 Å². The topological polar surface area (TPSA) is 62.3 Å². The van der Waals surface area contributed by atoms with Gasteiger partial charge in [0.1, 0.15) is 0 Å². The minimum absolute atomic E-state index is 0.111. The molecule has 1 heterocycles. The lowest BCUT2D eigenvalue weighted by Gasteiger charge is -2.11. The molecule has 1 rings (SSSR count). The van der Waals surface area contributed by atoms with Crippen LogP contribution in [0.15, 0.2) is 24.5 Å². The van der Waals surface area contributed by atoms with Crippen molar-refractivity contribution in [3.8, 4) is 0 Å². The van der Waals surface area contributed by atoms with Crippen molar-refractivity contribution < 1.29 is 8.42 Å². The van der Waals surface area contributed by atoms with Gasteiger partial charge in [0, 0.05) is 39.6 Å².